The molecule has 1 atom stereocenters. The van der Waals surface area contributed by atoms with E-state index in [0.717, 1.165) is 70.3 Å². The van der Waals surface area contributed by atoms with E-state index in [9.17, 15) is 13.2 Å². The van der Waals surface area contributed by atoms with Gasteiger partial charge in [-0.05, 0) is 44.1 Å². The average molecular weight is 433 g/mol. The first-order chi connectivity index (χ1) is 14.8. The van der Waals surface area contributed by atoms with E-state index in [4.69, 9.17) is 15.5 Å². The van der Waals surface area contributed by atoms with Crippen molar-refractivity contribution in [2.75, 3.05) is 32.0 Å². The Morgan fingerprint density at radius 2 is 1.87 bits per heavy atom. The van der Waals surface area contributed by atoms with E-state index in [1.54, 1.807) is 0 Å². The Labute approximate surface area is 178 Å². The summed E-state index contributed by atoms with van der Waals surface area (Å²) in [5, 5.41) is 0. The fraction of sp³-hybridized carbons (Fsp3) is 0.636. The summed E-state index contributed by atoms with van der Waals surface area (Å²) in [6.07, 6.45) is 4.36. The first kappa shape index (κ1) is 19.5. The van der Waals surface area contributed by atoms with Crippen LogP contribution in [0.3, 0.4) is 0 Å². The fourth-order valence-corrected chi connectivity index (χ4v) is 5.93. The van der Waals surface area contributed by atoms with Gasteiger partial charge < -0.3 is 15.0 Å². The second-order valence-corrected chi connectivity index (χ2v) is 9.60. The van der Waals surface area contributed by atoms with E-state index >= 15 is 0 Å². The third kappa shape index (κ3) is 3.16. The normalized spacial score (nSPS) is 31.1. The number of alkyl halides is 3. The molecule has 5 aliphatic rings. The third-order valence-corrected chi connectivity index (χ3v) is 7.64. The number of hydrogen-bond donors (Lipinski definition) is 1. The molecule has 4 saturated carbocycles. The lowest BCUT2D eigenvalue weighted by Crippen LogP contribution is -2.44. The number of morpholine rings is 1. The second-order valence-electron chi connectivity index (χ2n) is 9.60. The van der Waals surface area contributed by atoms with E-state index in [2.05, 4.69) is 14.5 Å². The highest BCUT2D eigenvalue weighted by atomic mass is 19.4. The Morgan fingerprint density at radius 1 is 1.13 bits per heavy atom. The highest BCUT2D eigenvalue weighted by Gasteiger charge is 2.59. The number of pyridine rings is 1. The summed E-state index contributed by atoms with van der Waals surface area (Å²) >= 11 is 0. The summed E-state index contributed by atoms with van der Waals surface area (Å²) in [6, 6.07) is 1.65. The molecule has 0 aromatic carbocycles. The summed E-state index contributed by atoms with van der Waals surface area (Å²) in [5.74, 6) is 1.63. The Morgan fingerprint density at radius 3 is 2.55 bits per heavy atom. The molecule has 2 bridgehead atoms. The highest BCUT2D eigenvalue weighted by molar-refractivity contribution is 5.62. The number of ether oxygens (including phenoxy) is 1. The van der Waals surface area contributed by atoms with Gasteiger partial charge in [-0.3, -0.25) is 4.90 Å². The van der Waals surface area contributed by atoms with Gasteiger partial charge >= 0.3 is 6.18 Å². The first-order valence-corrected chi connectivity index (χ1v) is 11.1. The van der Waals surface area contributed by atoms with Crippen molar-refractivity contribution in [2.24, 2.45) is 5.92 Å². The third-order valence-electron chi connectivity index (χ3n) is 7.64. The van der Waals surface area contributed by atoms with Crippen LogP contribution in [0.25, 0.3) is 11.3 Å². The van der Waals surface area contributed by atoms with Gasteiger partial charge in [0.1, 0.15) is 11.6 Å². The highest BCUT2D eigenvalue weighted by Crippen LogP contribution is 2.60. The molecule has 7 rings (SSSR count). The van der Waals surface area contributed by atoms with Crippen LogP contribution in [0.2, 0.25) is 0 Å². The van der Waals surface area contributed by atoms with E-state index < -0.39 is 17.6 Å². The van der Waals surface area contributed by atoms with Crippen LogP contribution < -0.4 is 5.73 Å². The molecular formula is C22H26F3N5O. The Balaban J connectivity index is 1.34. The van der Waals surface area contributed by atoms with Crippen molar-refractivity contribution in [2.45, 2.75) is 55.8 Å². The smallest absolute Gasteiger partial charge is 0.383 e. The lowest BCUT2D eigenvalue weighted by atomic mass is 9.76. The average Bonchev–Trinajstić information content (AvgIpc) is 3.20. The fourth-order valence-electron chi connectivity index (χ4n) is 5.93. The maximum absolute atomic E-state index is 13.3. The zero-order valence-corrected chi connectivity index (χ0v) is 17.2. The van der Waals surface area contributed by atoms with Crippen molar-refractivity contribution in [1.82, 2.24) is 19.4 Å². The maximum atomic E-state index is 13.3. The number of aromatic nitrogens is 3. The molecule has 31 heavy (non-hydrogen) atoms. The molecule has 0 amide bonds. The molecule has 2 aromatic rings. The van der Waals surface area contributed by atoms with Crippen LogP contribution in [0.1, 0.15) is 49.4 Å². The summed E-state index contributed by atoms with van der Waals surface area (Å²) in [7, 11) is 0. The molecule has 3 heterocycles. The standard InChI is InChI=1S/C22H26F3N5O/c23-22(24,25)16-7-14(11-27-19(16)26)17-12-30(20(28-17)13-1-2-13)21-8-15(9-21)18(10-21)29-3-5-31-6-4-29/h7,11-13,15,18H,1-6,8-10H2,(H2,26,27). The topological polar surface area (TPSA) is 69.2 Å². The van der Waals surface area contributed by atoms with Crippen molar-refractivity contribution in [3.8, 4) is 11.3 Å². The number of halogens is 3. The largest absolute Gasteiger partial charge is 0.419 e. The molecule has 1 aliphatic heterocycles. The molecule has 1 saturated heterocycles. The van der Waals surface area contributed by atoms with Crippen LogP contribution in [0.4, 0.5) is 19.0 Å². The van der Waals surface area contributed by atoms with Crippen LogP contribution in [0.5, 0.6) is 0 Å². The van der Waals surface area contributed by atoms with Gasteiger partial charge in [0.15, 0.2) is 0 Å². The van der Waals surface area contributed by atoms with Crippen LogP contribution in [-0.4, -0.2) is 51.8 Å². The number of rotatable bonds is 4. The number of nitrogens with zero attached hydrogens (tertiary/aromatic N) is 4. The van der Waals surface area contributed by atoms with Crippen molar-refractivity contribution < 1.29 is 17.9 Å². The minimum atomic E-state index is -4.54. The van der Waals surface area contributed by atoms with Gasteiger partial charge in [-0.2, -0.15) is 13.2 Å². The molecule has 4 aliphatic carbocycles. The molecule has 9 heteroatoms. The zero-order chi connectivity index (χ0) is 21.4. The first-order valence-electron chi connectivity index (χ1n) is 11.1. The van der Waals surface area contributed by atoms with Crippen molar-refractivity contribution in [3.63, 3.8) is 0 Å². The van der Waals surface area contributed by atoms with Crippen LogP contribution >= 0.6 is 0 Å². The number of nitrogen functional groups attached to an aromatic ring is 1. The van der Waals surface area contributed by atoms with E-state index in [1.165, 1.54) is 6.20 Å². The summed E-state index contributed by atoms with van der Waals surface area (Å²) in [4.78, 5) is 11.2. The van der Waals surface area contributed by atoms with Gasteiger partial charge in [-0.1, -0.05) is 0 Å². The molecule has 6 nitrogen and oxygen atoms in total. The number of hydrogen-bond acceptors (Lipinski definition) is 5. The van der Waals surface area contributed by atoms with Gasteiger partial charge in [-0.25, -0.2) is 9.97 Å². The van der Waals surface area contributed by atoms with E-state index in [-0.39, 0.29) is 5.54 Å². The van der Waals surface area contributed by atoms with Crippen LogP contribution in [0.15, 0.2) is 18.5 Å². The van der Waals surface area contributed by atoms with Crippen molar-refractivity contribution in [3.05, 3.63) is 29.8 Å². The predicted octanol–water partition coefficient (Wildman–Crippen LogP) is 3.63. The predicted molar refractivity (Wildman–Crippen MR) is 108 cm³/mol. The minimum absolute atomic E-state index is 0.0465. The Hall–Kier alpha value is -2.13. The minimum Gasteiger partial charge on any atom is -0.383 e. The molecule has 5 fully saturated rings. The lowest BCUT2D eigenvalue weighted by molar-refractivity contribution is -0.137. The summed E-state index contributed by atoms with van der Waals surface area (Å²) < 4.78 is 47.9. The number of imidazole rings is 1. The monoisotopic (exact) mass is 433 g/mol. The van der Waals surface area contributed by atoms with Crippen LogP contribution in [0, 0.1) is 5.92 Å². The lowest BCUT2D eigenvalue weighted by Gasteiger charge is -2.41. The van der Waals surface area contributed by atoms with Crippen molar-refractivity contribution in [1.29, 1.82) is 0 Å². The number of fused-ring (bicyclic) bond motifs is 1. The van der Waals surface area contributed by atoms with Crippen LogP contribution in [-0.2, 0) is 16.5 Å². The summed E-state index contributed by atoms with van der Waals surface area (Å²) in [5.41, 5.74) is 5.57. The molecule has 2 aromatic heterocycles. The van der Waals surface area contributed by atoms with Gasteiger partial charge in [0.25, 0.3) is 0 Å². The second kappa shape index (κ2) is 6.68. The quantitative estimate of drug-likeness (QED) is 0.798. The molecule has 1 unspecified atom stereocenters. The Bertz CT molecular complexity index is 1000. The number of nitrogens with two attached hydrogens (primary N) is 1. The summed E-state index contributed by atoms with van der Waals surface area (Å²) in [6.45, 7) is 3.56. The van der Waals surface area contributed by atoms with E-state index in [0.29, 0.717) is 29.1 Å². The SMILES string of the molecule is Nc1ncc(-c2cn(C34CC(C3)C(N3CCOCC3)C4)c(C3CC3)n2)cc1C(F)(F)F. The van der Waals surface area contributed by atoms with Gasteiger partial charge in [-0.15, -0.1) is 0 Å². The Kier molecular flexibility index (Phi) is 4.21. The molecule has 166 valence electrons. The number of anilines is 1. The molecule has 0 spiro atoms. The van der Waals surface area contributed by atoms with Gasteiger partial charge in [0.2, 0.25) is 0 Å². The molecule has 0 radical (unpaired) electrons. The maximum Gasteiger partial charge on any atom is 0.419 e. The van der Waals surface area contributed by atoms with Gasteiger partial charge in [0, 0.05) is 48.5 Å². The van der Waals surface area contributed by atoms with Gasteiger partial charge in [0.05, 0.1) is 24.5 Å². The van der Waals surface area contributed by atoms with E-state index in [1.807, 2.05) is 6.20 Å². The van der Waals surface area contributed by atoms with Crippen molar-refractivity contribution >= 4 is 5.82 Å². The molecule has 2 N–H and O–H groups in total. The molecular weight excluding hydrogens is 407 g/mol. The zero-order valence-electron chi connectivity index (χ0n) is 17.2.